The minimum atomic E-state index is 0.763. The van der Waals surface area contributed by atoms with E-state index in [4.69, 9.17) is 5.73 Å². The van der Waals surface area contributed by atoms with Gasteiger partial charge >= 0.3 is 0 Å². The number of nitrogens with two attached hydrogens (primary N) is 1. The number of thioether (sulfide) groups is 1. The fourth-order valence-corrected chi connectivity index (χ4v) is 3.24. The van der Waals surface area contributed by atoms with Crippen molar-refractivity contribution in [3.63, 3.8) is 0 Å². The molecule has 0 radical (unpaired) electrons. The van der Waals surface area contributed by atoms with Crippen molar-refractivity contribution in [3.8, 4) is 0 Å². The van der Waals surface area contributed by atoms with Crippen LogP contribution in [0.3, 0.4) is 0 Å². The van der Waals surface area contributed by atoms with Gasteiger partial charge in [0.15, 0.2) is 0 Å². The maximum atomic E-state index is 5.50. The fourth-order valence-electron chi connectivity index (χ4n) is 2.10. The Balaban J connectivity index is 2.00. The van der Waals surface area contributed by atoms with Crippen molar-refractivity contribution < 1.29 is 0 Å². The second-order valence-corrected chi connectivity index (χ2v) is 5.80. The molecule has 82 valence electrons. The largest absolute Gasteiger partial charge is 0.330 e. The van der Waals surface area contributed by atoms with Crippen LogP contribution in [0.5, 0.6) is 0 Å². The lowest BCUT2D eigenvalue weighted by molar-refractivity contribution is 0.743. The van der Waals surface area contributed by atoms with Gasteiger partial charge in [-0.1, -0.05) is 19.1 Å². The van der Waals surface area contributed by atoms with Crippen LogP contribution < -0.4 is 5.73 Å². The summed E-state index contributed by atoms with van der Waals surface area (Å²) < 4.78 is 0. The van der Waals surface area contributed by atoms with Crippen LogP contribution in [0.15, 0.2) is 23.1 Å². The van der Waals surface area contributed by atoms with Gasteiger partial charge < -0.3 is 5.73 Å². The quantitative estimate of drug-likeness (QED) is 0.791. The van der Waals surface area contributed by atoms with Crippen LogP contribution in [0, 0.1) is 0 Å². The van der Waals surface area contributed by atoms with Crippen molar-refractivity contribution in [1.82, 2.24) is 0 Å². The van der Waals surface area contributed by atoms with Crippen molar-refractivity contribution in [3.05, 3.63) is 29.3 Å². The van der Waals surface area contributed by atoms with Crippen molar-refractivity contribution in [1.29, 1.82) is 0 Å². The SMILES string of the molecule is CC1Cc2cc(CCCCN)ccc2S1. The highest BCUT2D eigenvalue weighted by Gasteiger charge is 2.17. The number of rotatable bonds is 4. The highest BCUT2D eigenvalue weighted by molar-refractivity contribution is 8.00. The zero-order chi connectivity index (χ0) is 10.7. The van der Waals surface area contributed by atoms with Crippen LogP contribution in [0.2, 0.25) is 0 Å². The Bertz CT molecular complexity index is 335. The third kappa shape index (κ3) is 2.76. The van der Waals surface area contributed by atoms with E-state index in [0.29, 0.717) is 0 Å². The van der Waals surface area contributed by atoms with Crippen LogP contribution in [0.25, 0.3) is 0 Å². The summed E-state index contributed by atoms with van der Waals surface area (Å²) in [6.07, 6.45) is 4.79. The average molecular weight is 221 g/mol. The summed E-state index contributed by atoms with van der Waals surface area (Å²) in [5, 5.41) is 0.763. The molecule has 0 aliphatic carbocycles. The molecule has 1 aromatic carbocycles. The highest BCUT2D eigenvalue weighted by Crippen LogP contribution is 2.37. The molecule has 1 unspecified atom stereocenters. The van der Waals surface area contributed by atoms with Gasteiger partial charge in [0.25, 0.3) is 0 Å². The first-order chi connectivity index (χ1) is 7.29. The van der Waals surface area contributed by atoms with Crippen molar-refractivity contribution in [2.45, 2.75) is 42.8 Å². The summed E-state index contributed by atoms with van der Waals surface area (Å²) in [4.78, 5) is 1.49. The third-order valence-corrected chi connectivity index (χ3v) is 4.10. The Kier molecular flexibility index (Phi) is 3.71. The van der Waals surface area contributed by atoms with E-state index in [1.54, 1.807) is 5.56 Å². The van der Waals surface area contributed by atoms with Crippen LogP contribution in [0.1, 0.15) is 30.9 Å². The van der Waals surface area contributed by atoms with E-state index in [1.807, 2.05) is 11.8 Å². The van der Waals surface area contributed by atoms with Crippen molar-refractivity contribution in [2.24, 2.45) is 5.73 Å². The second kappa shape index (κ2) is 5.04. The number of aryl methyl sites for hydroxylation is 1. The first-order valence-electron chi connectivity index (χ1n) is 5.78. The van der Waals surface area contributed by atoms with Crippen LogP contribution in [-0.2, 0) is 12.8 Å². The molecule has 2 N–H and O–H groups in total. The fraction of sp³-hybridized carbons (Fsp3) is 0.538. The average Bonchev–Trinajstić information content (AvgIpc) is 2.57. The van der Waals surface area contributed by atoms with E-state index in [1.165, 1.54) is 29.7 Å². The molecule has 15 heavy (non-hydrogen) atoms. The maximum Gasteiger partial charge on any atom is 0.0107 e. The molecule has 2 heteroatoms. The maximum absolute atomic E-state index is 5.50. The number of benzene rings is 1. The molecule has 0 saturated carbocycles. The molecule has 0 spiro atoms. The number of hydrogen-bond donors (Lipinski definition) is 1. The van der Waals surface area contributed by atoms with Gasteiger partial charge in [-0.05, 0) is 49.4 Å². The Labute approximate surface area is 96.4 Å². The molecular weight excluding hydrogens is 202 g/mol. The molecule has 1 nitrogen and oxygen atoms in total. The zero-order valence-electron chi connectivity index (χ0n) is 9.33. The Morgan fingerprint density at radius 2 is 2.27 bits per heavy atom. The van der Waals surface area contributed by atoms with E-state index >= 15 is 0 Å². The molecule has 1 aliphatic heterocycles. The minimum Gasteiger partial charge on any atom is -0.330 e. The standard InChI is InChI=1S/C13H19NS/c1-10-8-12-9-11(4-2-3-7-14)5-6-13(12)15-10/h5-6,9-10H,2-4,7-8,14H2,1H3. The van der Waals surface area contributed by atoms with Crippen molar-refractivity contribution in [2.75, 3.05) is 6.54 Å². The van der Waals surface area contributed by atoms with Crippen LogP contribution in [-0.4, -0.2) is 11.8 Å². The topological polar surface area (TPSA) is 26.0 Å². The summed E-state index contributed by atoms with van der Waals surface area (Å²) >= 11 is 2.01. The summed E-state index contributed by atoms with van der Waals surface area (Å²) in [6, 6.07) is 6.96. The molecule has 0 bridgehead atoms. The van der Waals surface area contributed by atoms with Crippen LogP contribution in [0.4, 0.5) is 0 Å². The third-order valence-electron chi connectivity index (χ3n) is 2.88. The van der Waals surface area contributed by atoms with E-state index in [2.05, 4.69) is 25.1 Å². The summed E-state index contributed by atoms with van der Waals surface area (Å²) in [6.45, 7) is 3.12. The van der Waals surface area contributed by atoms with Gasteiger partial charge in [0, 0.05) is 10.1 Å². The minimum absolute atomic E-state index is 0.763. The number of fused-ring (bicyclic) bond motifs is 1. The lowest BCUT2D eigenvalue weighted by Crippen LogP contribution is -1.99. The number of hydrogen-bond acceptors (Lipinski definition) is 2. The molecule has 0 amide bonds. The smallest absolute Gasteiger partial charge is 0.0107 e. The van der Waals surface area contributed by atoms with Gasteiger partial charge in [-0.25, -0.2) is 0 Å². The lowest BCUT2D eigenvalue weighted by atomic mass is 10.0. The highest BCUT2D eigenvalue weighted by atomic mass is 32.2. The predicted molar refractivity (Wildman–Crippen MR) is 67.5 cm³/mol. The molecular formula is C13H19NS. The van der Waals surface area contributed by atoms with Crippen molar-refractivity contribution >= 4 is 11.8 Å². The van der Waals surface area contributed by atoms with Gasteiger partial charge in [-0.2, -0.15) is 0 Å². The summed E-state index contributed by atoms with van der Waals surface area (Å²) in [5.41, 5.74) is 8.53. The monoisotopic (exact) mass is 221 g/mol. The molecule has 0 aromatic heterocycles. The zero-order valence-corrected chi connectivity index (χ0v) is 10.1. The first kappa shape index (κ1) is 11.0. The normalized spacial score (nSPS) is 19.2. The molecule has 1 aromatic rings. The molecule has 1 heterocycles. The van der Waals surface area contributed by atoms with Gasteiger partial charge in [0.05, 0.1) is 0 Å². The number of unbranched alkanes of at least 4 members (excludes halogenated alkanes) is 1. The first-order valence-corrected chi connectivity index (χ1v) is 6.66. The van der Waals surface area contributed by atoms with Gasteiger partial charge in [-0.15, -0.1) is 11.8 Å². The summed E-state index contributed by atoms with van der Waals surface area (Å²) in [5.74, 6) is 0. The van der Waals surface area contributed by atoms with Crippen LogP contribution >= 0.6 is 11.8 Å². The molecule has 1 aliphatic rings. The molecule has 2 rings (SSSR count). The Morgan fingerprint density at radius 3 is 3.07 bits per heavy atom. The lowest BCUT2D eigenvalue weighted by Gasteiger charge is -2.03. The van der Waals surface area contributed by atoms with Gasteiger partial charge in [0.1, 0.15) is 0 Å². The Hall–Kier alpha value is -0.470. The van der Waals surface area contributed by atoms with Gasteiger partial charge in [0.2, 0.25) is 0 Å². The summed E-state index contributed by atoms with van der Waals surface area (Å²) in [7, 11) is 0. The van der Waals surface area contributed by atoms with E-state index in [9.17, 15) is 0 Å². The van der Waals surface area contributed by atoms with E-state index < -0.39 is 0 Å². The Morgan fingerprint density at radius 1 is 1.40 bits per heavy atom. The van der Waals surface area contributed by atoms with Gasteiger partial charge in [-0.3, -0.25) is 0 Å². The predicted octanol–water partition coefficient (Wildman–Crippen LogP) is 3.00. The molecule has 0 fully saturated rings. The van der Waals surface area contributed by atoms with E-state index in [0.717, 1.165) is 18.2 Å². The molecule has 1 atom stereocenters. The molecule has 0 saturated heterocycles. The van der Waals surface area contributed by atoms with E-state index in [-0.39, 0.29) is 0 Å². The second-order valence-electron chi connectivity index (χ2n) is 4.32.